The minimum Gasteiger partial charge on any atom is -0.496 e. The van der Waals surface area contributed by atoms with Crippen molar-refractivity contribution in [2.24, 2.45) is 0 Å². The van der Waals surface area contributed by atoms with Crippen LogP contribution in [0.1, 0.15) is 24.1 Å². The number of rotatable bonds is 10. The number of ether oxygens (including phenoxy) is 1. The molecule has 0 unspecified atom stereocenters. The van der Waals surface area contributed by atoms with Crippen LogP contribution in [0.5, 0.6) is 5.75 Å². The van der Waals surface area contributed by atoms with E-state index in [0.717, 1.165) is 46.6 Å². The fourth-order valence-corrected chi connectivity index (χ4v) is 5.06. The highest BCUT2D eigenvalue weighted by Crippen LogP contribution is 2.41. The molecule has 2 aromatic heterocycles. The molecule has 32 heavy (non-hydrogen) atoms. The average molecular weight is 451 g/mol. The Morgan fingerprint density at radius 3 is 2.88 bits per heavy atom. The van der Waals surface area contributed by atoms with E-state index in [0.29, 0.717) is 11.6 Å². The Morgan fingerprint density at radius 1 is 1.28 bits per heavy atom. The minimum absolute atomic E-state index is 0.472. The van der Waals surface area contributed by atoms with Crippen LogP contribution in [0.2, 0.25) is 0 Å². The third-order valence-corrected chi connectivity index (χ3v) is 6.68. The molecule has 1 aliphatic heterocycles. The molecule has 0 amide bonds. The monoisotopic (exact) mass is 450 g/mol. The van der Waals surface area contributed by atoms with Gasteiger partial charge in [0.1, 0.15) is 5.75 Å². The van der Waals surface area contributed by atoms with E-state index in [-0.39, 0.29) is 0 Å². The number of likely N-dealkylation sites (tertiary alicyclic amines) is 1. The Balaban J connectivity index is 1.48. The second-order valence-electron chi connectivity index (χ2n) is 7.87. The summed E-state index contributed by atoms with van der Waals surface area (Å²) in [6.45, 7) is 6.54. The van der Waals surface area contributed by atoms with E-state index in [1.165, 1.54) is 37.0 Å². The zero-order valence-electron chi connectivity index (χ0n) is 18.6. The van der Waals surface area contributed by atoms with Gasteiger partial charge in [0, 0.05) is 35.0 Å². The molecule has 4 rings (SSSR count). The molecule has 0 radical (unpaired) electrons. The van der Waals surface area contributed by atoms with Gasteiger partial charge in [-0.1, -0.05) is 18.2 Å². The molecule has 1 fully saturated rings. The Bertz CT molecular complexity index is 1100. The first-order valence-corrected chi connectivity index (χ1v) is 11.8. The van der Waals surface area contributed by atoms with Crippen LogP contribution in [0, 0.1) is 12.3 Å². The summed E-state index contributed by atoms with van der Waals surface area (Å²) in [6, 6.07) is 7.99. The number of hydrogen-bond acceptors (Lipinski definition) is 8. The third-order valence-electron chi connectivity index (χ3n) is 5.65. The summed E-state index contributed by atoms with van der Waals surface area (Å²) in [5.41, 5.74) is 3.59. The van der Waals surface area contributed by atoms with Crippen molar-refractivity contribution in [1.29, 1.82) is 5.41 Å². The SMILES string of the molecule is COc1ccccc1-c1c(C)sc2cnc(N/C(C=N)=C/NCCCN3CCCC3)nc12. The number of aryl methyl sites for hydroxylation is 1. The lowest BCUT2D eigenvalue weighted by atomic mass is 10.0. The maximum atomic E-state index is 7.75. The molecule has 0 saturated carbocycles. The summed E-state index contributed by atoms with van der Waals surface area (Å²) >= 11 is 1.67. The van der Waals surface area contributed by atoms with Crippen molar-refractivity contribution in [2.45, 2.75) is 26.2 Å². The Morgan fingerprint density at radius 2 is 2.09 bits per heavy atom. The van der Waals surface area contributed by atoms with Gasteiger partial charge in [-0.15, -0.1) is 11.3 Å². The van der Waals surface area contributed by atoms with Crippen LogP contribution in [-0.4, -0.2) is 54.4 Å². The molecule has 1 aromatic carbocycles. The number of nitrogens with one attached hydrogen (secondary N) is 3. The highest BCUT2D eigenvalue weighted by atomic mass is 32.1. The van der Waals surface area contributed by atoms with Gasteiger partial charge in [-0.05, 0) is 51.9 Å². The fourth-order valence-electron chi connectivity index (χ4n) is 4.07. The number of para-hydroxylation sites is 1. The van der Waals surface area contributed by atoms with Crippen molar-refractivity contribution < 1.29 is 4.74 Å². The van der Waals surface area contributed by atoms with Gasteiger partial charge in [0.15, 0.2) is 0 Å². The van der Waals surface area contributed by atoms with Gasteiger partial charge in [0.05, 0.1) is 29.2 Å². The van der Waals surface area contributed by atoms with E-state index in [1.807, 2.05) is 30.6 Å². The van der Waals surface area contributed by atoms with Crippen LogP contribution in [0.25, 0.3) is 21.3 Å². The normalized spacial score (nSPS) is 14.6. The number of aromatic nitrogens is 2. The van der Waals surface area contributed by atoms with Gasteiger partial charge in [0.2, 0.25) is 5.95 Å². The van der Waals surface area contributed by atoms with E-state index in [1.54, 1.807) is 18.4 Å². The van der Waals surface area contributed by atoms with Crippen LogP contribution in [0.15, 0.2) is 42.4 Å². The molecule has 8 heteroatoms. The van der Waals surface area contributed by atoms with Gasteiger partial charge >= 0.3 is 0 Å². The molecule has 0 spiro atoms. The molecule has 3 aromatic rings. The highest BCUT2D eigenvalue weighted by Gasteiger charge is 2.17. The van der Waals surface area contributed by atoms with Crippen LogP contribution >= 0.6 is 11.3 Å². The number of hydrogen-bond donors (Lipinski definition) is 3. The second kappa shape index (κ2) is 10.6. The number of benzene rings is 1. The lowest BCUT2D eigenvalue weighted by molar-refractivity contribution is 0.333. The summed E-state index contributed by atoms with van der Waals surface area (Å²) in [4.78, 5) is 12.9. The summed E-state index contributed by atoms with van der Waals surface area (Å²) in [6.07, 6.45) is 8.67. The summed E-state index contributed by atoms with van der Waals surface area (Å²) in [7, 11) is 1.68. The lowest BCUT2D eigenvalue weighted by Gasteiger charge is -2.14. The Kier molecular flexibility index (Phi) is 7.34. The van der Waals surface area contributed by atoms with Crippen LogP contribution < -0.4 is 15.4 Å². The molecule has 3 heterocycles. The second-order valence-corrected chi connectivity index (χ2v) is 9.12. The quantitative estimate of drug-likeness (QED) is 0.308. The van der Waals surface area contributed by atoms with Crippen molar-refractivity contribution in [3.63, 3.8) is 0 Å². The van der Waals surface area contributed by atoms with E-state index < -0.39 is 0 Å². The van der Waals surface area contributed by atoms with Crippen molar-refractivity contribution in [2.75, 3.05) is 38.6 Å². The van der Waals surface area contributed by atoms with Crippen molar-refractivity contribution >= 4 is 33.7 Å². The lowest BCUT2D eigenvalue weighted by Crippen LogP contribution is -2.23. The average Bonchev–Trinajstić information content (AvgIpc) is 3.44. The van der Waals surface area contributed by atoms with E-state index in [2.05, 4.69) is 33.5 Å². The van der Waals surface area contributed by atoms with Crippen molar-refractivity contribution in [1.82, 2.24) is 20.2 Å². The topological polar surface area (TPSA) is 86.2 Å². The Hall–Kier alpha value is -2.97. The van der Waals surface area contributed by atoms with Gasteiger partial charge in [-0.3, -0.25) is 0 Å². The molecule has 0 atom stereocenters. The molecular formula is C24H30N6OS. The number of methoxy groups -OCH3 is 1. The van der Waals surface area contributed by atoms with Gasteiger partial charge in [0.25, 0.3) is 0 Å². The predicted octanol–water partition coefficient (Wildman–Crippen LogP) is 4.65. The first-order chi connectivity index (χ1) is 15.7. The third kappa shape index (κ3) is 5.08. The van der Waals surface area contributed by atoms with Gasteiger partial charge in [-0.25, -0.2) is 9.97 Å². The van der Waals surface area contributed by atoms with Crippen molar-refractivity contribution in [3.8, 4) is 16.9 Å². The van der Waals surface area contributed by atoms with E-state index in [9.17, 15) is 0 Å². The summed E-state index contributed by atoms with van der Waals surface area (Å²) in [5.74, 6) is 1.29. The smallest absolute Gasteiger partial charge is 0.227 e. The summed E-state index contributed by atoms with van der Waals surface area (Å²) < 4.78 is 6.60. The fraction of sp³-hybridized carbons (Fsp3) is 0.375. The first kappa shape index (κ1) is 22.2. The van der Waals surface area contributed by atoms with Crippen LogP contribution in [0.3, 0.4) is 0 Å². The molecular weight excluding hydrogens is 420 g/mol. The van der Waals surface area contributed by atoms with Gasteiger partial charge in [-0.2, -0.15) is 0 Å². The molecule has 1 aliphatic rings. The van der Waals surface area contributed by atoms with Crippen LogP contribution in [-0.2, 0) is 0 Å². The predicted molar refractivity (Wildman–Crippen MR) is 133 cm³/mol. The largest absolute Gasteiger partial charge is 0.496 e. The van der Waals surface area contributed by atoms with E-state index in [4.69, 9.17) is 15.1 Å². The number of fused-ring (bicyclic) bond motifs is 1. The maximum Gasteiger partial charge on any atom is 0.227 e. The molecule has 168 valence electrons. The first-order valence-electron chi connectivity index (χ1n) is 11.0. The zero-order valence-corrected chi connectivity index (χ0v) is 19.5. The number of allylic oxidation sites excluding steroid dienone is 1. The number of thiophene rings is 1. The number of nitrogens with zero attached hydrogens (tertiary/aromatic N) is 3. The molecule has 0 aliphatic carbocycles. The highest BCUT2D eigenvalue weighted by molar-refractivity contribution is 7.19. The molecule has 0 bridgehead atoms. The maximum absolute atomic E-state index is 7.75. The minimum atomic E-state index is 0.472. The summed E-state index contributed by atoms with van der Waals surface area (Å²) in [5, 5.41) is 14.2. The van der Waals surface area contributed by atoms with E-state index >= 15 is 0 Å². The van der Waals surface area contributed by atoms with Crippen LogP contribution in [0.4, 0.5) is 5.95 Å². The zero-order chi connectivity index (χ0) is 22.3. The molecule has 7 nitrogen and oxygen atoms in total. The standard InChI is InChI=1S/C24H30N6OS/c1-17-22(19-8-3-4-9-20(19)31-2)23-21(32-17)16-27-24(29-23)28-18(14-25)15-26-10-7-13-30-11-5-6-12-30/h3-4,8-9,14-16,25-26H,5-7,10-13H2,1-2H3,(H,27,28,29)/b18-15+,25-14?. The van der Waals surface area contributed by atoms with Crippen molar-refractivity contribution in [3.05, 3.63) is 47.2 Å². The Labute approximate surface area is 193 Å². The molecule has 3 N–H and O–H groups in total. The van der Waals surface area contributed by atoms with Gasteiger partial charge < -0.3 is 25.7 Å². The number of anilines is 1. The molecule has 1 saturated heterocycles.